The first-order valence-electron chi connectivity index (χ1n) is 8.46. The molecule has 1 aliphatic heterocycles. The van der Waals surface area contributed by atoms with Gasteiger partial charge in [0, 0.05) is 43.8 Å². The third-order valence-corrected chi connectivity index (χ3v) is 6.53. The number of thiazole rings is 1. The third-order valence-electron chi connectivity index (χ3n) is 4.26. The maximum Gasteiger partial charge on any atom is 0.240 e. The fourth-order valence-electron chi connectivity index (χ4n) is 3.01. The Balaban J connectivity index is 1.58. The molecule has 2 aromatic rings. The lowest BCUT2D eigenvalue weighted by molar-refractivity contribution is -0.114. The lowest BCUT2D eigenvalue weighted by Crippen LogP contribution is -2.41. The van der Waals surface area contributed by atoms with E-state index < -0.39 is 10.0 Å². The molecule has 26 heavy (non-hydrogen) atoms. The van der Waals surface area contributed by atoms with E-state index in [4.69, 9.17) is 0 Å². The summed E-state index contributed by atoms with van der Waals surface area (Å²) in [5, 5.41) is 5.56. The second kappa shape index (κ2) is 8.15. The van der Waals surface area contributed by atoms with Crippen molar-refractivity contribution in [2.75, 3.05) is 29.9 Å². The average Bonchev–Trinajstić information content (AvgIpc) is 3.15. The largest absolute Gasteiger partial charge is 0.348 e. The van der Waals surface area contributed by atoms with E-state index in [2.05, 4.69) is 19.9 Å². The van der Waals surface area contributed by atoms with Crippen LogP contribution in [0.2, 0.25) is 0 Å². The monoisotopic (exact) mass is 394 g/mol. The highest BCUT2D eigenvalue weighted by Gasteiger charge is 2.23. The van der Waals surface area contributed by atoms with Gasteiger partial charge in [-0.3, -0.25) is 4.79 Å². The van der Waals surface area contributed by atoms with Crippen LogP contribution >= 0.6 is 11.3 Å². The number of piperidine rings is 1. The number of carbonyl (C=O) groups excluding carboxylic acids is 1. The van der Waals surface area contributed by atoms with Crippen LogP contribution in [0.3, 0.4) is 0 Å². The van der Waals surface area contributed by atoms with Crippen molar-refractivity contribution in [3.05, 3.63) is 35.8 Å². The van der Waals surface area contributed by atoms with E-state index >= 15 is 0 Å². The topological polar surface area (TPSA) is 91.4 Å². The van der Waals surface area contributed by atoms with Gasteiger partial charge in [0.05, 0.1) is 4.90 Å². The highest BCUT2D eigenvalue weighted by Crippen LogP contribution is 2.24. The molecule has 1 atom stereocenters. The Labute approximate surface area is 157 Å². The van der Waals surface area contributed by atoms with Crippen molar-refractivity contribution < 1.29 is 13.2 Å². The van der Waals surface area contributed by atoms with Gasteiger partial charge in [-0.05, 0) is 43.0 Å². The number of rotatable bonds is 6. The molecule has 0 spiro atoms. The van der Waals surface area contributed by atoms with E-state index in [1.54, 1.807) is 29.7 Å². The summed E-state index contributed by atoms with van der Waals surface area (Å²) in [6, 6.07) is 6.16. The maximum absolute atomic E-state index is 12.5. The van der Waals surface area contributed by atoms with Gasteiger partial charge in [-0.2, -0.15) is 0 Å². The van der Waals surface area contributed by atoms with Gasteiger partial charge in [-0.1, -0.05) is 0 Å². The number of carbonyl (C=O) groups is 1. The molecule has 0 aliphatic carbocycles. The molecule has 140 valence electrons. The lowest BCUT2D eigenvalue weighted by Gasteiger charge is -2.32. The summed E-state index contributed by atoms with van der Waals surface area (Å²) in [5.74, 6) is 0.0573. The normalized spacial score (nSPS) is 17.9. The van der Waals surface area contributed by atoms with E-state index in [0.29, 0.717) is 12.2 Å². The Morgan fingerprint density at radius 1 is 1.35 bits per heavy atom. The van der Waals surface area contributed by atoms with Crippen LogP contribution in [0.15, 0.2) is 40.7 Å². The van der Waals surface area contributed by atoms with Crippen LogP contribution < -0.4 is 14.9 Å². The van der Waals surface area contributed by atoms with Crippen LogP contribution in [0.5, 0.6) is 0 Å². The Morgan fingerprint density at radius 3 is 2.77 bits per heavy atom. The van der Waals surface area contributed by atoms with Crippen molar-refractivity contribution in [2.45, 2.75) is 24.7 Å². The molecule has 1 aliphatic rings. The summed E-state index contributed by atoms with van der Waals surface area (Å²) in [4.78, 5) is 17.8. The zero-order valence-electron chi connectivity index (χ0n) is 14.5. The molecule has 3 rings (SSSR count). The quantitative estimate of drug-likeness (QED) is 0.784. The molecule has 1 amide bonds. The molecule has 2 N–H and O–H groups in total. The molecule has 1 aromatic heterocycles. The van der Waals surface area contributed by atoms with E-state index in [9.17, 15) is 13.2 Å². The summed E-state index contributed by atoms with van der Waals surface area (Å²) >= 11 is 1.60. The molecule has 1 unspecified atom stereocenters. The molecule has 1 aromatic carbocycles. The van der Waals surface area contributed by atoms with Crippen molar-refractivity contribution in [2.24, 2.45) is 5.92 Å². The minimum atomic E-state index is -3.57. The van der Waals surface area contributed by atoms with Crippen LogP contribution in [0.25, 0.3) is 0 Å². The van der Waals surface area contributed by atoms with Crippen LogP contribution in [0.1, 0.15) is 19.8 Å². The Hall–Kier alpha value is -1.97. The summed E-state index contributed by atoms with van der Waals surface area (Å²) in [5.41, 5.74) is 0.572. The number of hydrogen-bond donors (Lipinski definition) is 2. The van der Waals surface area contributed by atoms with Gasteiger partial charge >= 0.3 is 0 Å². The zero-order valence-corrected chi connectivity index (χ0v) is 16.1. The van der Waals surface area contributed by atoms with Crippen LogP contribution in [-0.4, -0.2) is 38.9 Å². The minimum absolute atomic E-state index is 0.194. The lowest BCUT2D eigenvalue weighted by atomic mass is 9.99. The Morgan fingerprint density at radius 2 is 2.12 bits per heavy atom. The number of sulfonamides is 1. The molecular formula is C17H22N4O3S2. The van der Waals surface area contributed by atoms with E-state index in [0.717, 1.165) is 31.1 Å². The molecule has 1 fully saturated rings. The molecule has 0 radical (unpaired) electrons. The molecule has 0 saturated carbocycles. The predicted octanol–water partition coefficient (Wildman–Crippen LogP) is 2.30. The molecule has 0 bridgehead atoms. The van der Waals surface area contributed by atoms with Gasteiger partial charge in [0.15, 0.2) is 5.13 Å². The third kappa shape index (κ3) is 4.80. The summed E-state index contributed by atoms with van der Waals surface area (Å²) in [6.07, 6.45) is 3.81. The highest BCUT2D eigenvalue weighted by atomic mass is 32.2. The van der Waals surface area contributed by atoms with Crippen LogP contribution in [0.4, 0.5) is 10.8 Å². The number of benzene rings is 1. The number of anilines is 2. The maximum atomic E-state index is 12.5. The van der Waals surface area contributed by atoms with Gasteiger partial charge in [0.2, 0.25) is 15.9 Å². The predicted molar refractivity (Wildman–Crippen MR) is 103 cm³/mol. The van der Waals surface area contributed by atoms with Crippen LogP contribution in [0, 0.1) is 5.92 Å². The van der Waals surface area contributed by atoms with Crippen molar-refractivity contribution in [1.82, 2.24) is 9.71 Å². The Bertz CT molecular complexity index is 835. The standard InChI is InChI=1S/C17H22N4O3S2/c1-13(22)20-15-4-6-16(7-5-15)26(23,24)19-11-14-3-2-9-21(12-14)17-18-8-10-25-17/h4-8,10,14,19H,2-3,9,11-12H2,1H3,(H,20,22). The van der Waals surface area contributed by atoms with Gasteiger partial charge in [-0.25, -0.2) is 18.1 Å². The van der Waals surface area contributed by atoms with Gasteiger partial charge in [-0.15, -0.1) is 11.3 Å². The molecule has 2 heterocycles. The van der Waals surface area contributed by atoms with Crippen molar-refractivity contribution in [1.29, 1.82) is 0 Å². The second-order valence-electron chi connectivity index (χ2n) is 6.33. The first-order chi connectivity index (χ1) is 12.4. The van der Waals surface area contributed by atoms with Gasteiger partial charge in [0.25, 0.3) is 0 Å². The molecule has 9 heteroatoms. The minimum Gasteiger partial charge on any atom is -0.348 e. The van der Waals surface area contributed by atoms with Crippen molar-refractivity contribution in [3.8, 4) is 0 Å². The van der Waals surface area contributed by atoms with E-state index in [1.807, 2.05) is 5.38 Å². The van der Waals surface area contributed by atoms with Crippen LogP contribution in [-0.2, 0) is 14.8 Å². The molecule has 1 saturated heterocycles. The number of amides is 1. The number of nitrogens with zero attached hydrogens (tertiary/aromatic N) is 2. The first kappa shape index (κ1) is 18.8. The fraction of sp³-hybridized carbons (Fsp3) is 0.412. The average molecular weight is 395 g/mol. The first-order valence-corrected chi connectivity index (χ1v) is 10.8. The van der Waals surface area contributed by atoms with Crippen molar-refractivity contribution in [3.63, 3.8) is 0 Å². The van der Waals surface area contributed by atoms with E-state index in [-0.39, 0.29) is 16.7 Å². The summed E-state index contributed by atoms with van der Waals surface area (Å²) in [7, 11) is -3.57. The second-order valence-corrected chi connectivity index (χ2v) is 8.97. The summed E-state index contributed by atoms with van der Waals surface area (Å²) < 4.78 is 27.7. The number of hydrogen-bond acceptors (Lipinski definition) is 6. The molecule has 7 nitrogen and oxygen atoms in total. The van der Waals surface area contributed by atoms with Crippen molar-refractivity contribution >= 4 is 38.1 Å². The number of aromatic nitrogens is 1. The highest BCUT2D eigenvalue weighted by molar-refractivity contribution is 7.89. The van der Waals surface area contributed by atoms with Gasteiger partial charge < -0.3 is 10.2 Å². The van der Waals surface area contributed by atoms with Gasteiger partial charge in [0.1, 0.15) is 0 Å². The van der Waals surface area contributed by atoms with E-state index in [1.165, 1.54) is 19.1 Å². The zero-order chi connectivity index (χ0) is 18.6. The fourth-order valence-corrected chi connectivity index (χ4v) is 4.81. The SMILES string of the molecule is CC(=O)Nc1ccc(S(=O)(=O)NCC2CCCN(c3nccs3)C2)cc1. The number of nitrogens with one attached hydrogen (secondary N) is 2. The summed E-state index contributed by atoms with van der Waals surface area (Å²) in [6.45, 7) is 3.57. The Kier molecular flexibility index (Phi) is 5.90. The smallest absolute Gasteiger partial charge is 0.240 e. The molecular weight excluding hydrogens is 372 g/mol.